The number of hydrogen-bond donors (Lipinski definition) is 0. The topological polar surface area (TPSA) is 47.5 Å². The molecule has 0 unspecified atom stereocenters. The third-order valence-corrected chi connectivity index (χ3v) is 8.03. The number of epoxide rings is 1. The molecule has 2 atom stereocenters. The molecular weight excluding hydrogens is 432 g/mol. The van der Waals surface area contributed by atoms with Crippen LogP contribution in [0.3, 0.4) is 0 Å². The van der Waals surface area contributed by atoms with E-state index in [9.17, 15) is 0 Å². The van der Waals surface area contributed by atoms with Crippen molar-refractivity contribution in [1.29, 1.82) is 0 Å². The van der Waals surface area contributed by atoms with Gasteiger partial charge in [0.25, 0.3) is 0 Å². The average Bonchev–Trinajstić information content (AvgIpc) is 3.67. The van der Waals surface area contributed by atoms with Crippen molar-refractivity contribution in [2.24, 2.45) is 5.92 Å². The quantitative estimate of drug-likeness (QED) is 0.190. The highest BCUT2D eigenvalue weighted by atomic mass is 16.6. The van der Waals surface area contributed by atoms with E-state index in [0.29, 0.717) is 24.4 Å². The Hall–Kier alpha value is -1.94. The van der Waals surface area contributed by atoms with E-state index >= 15 is 0 Å². The number of unbranched alkanes of at least 4 members (excludes halogenated alkanes) is 6. The Bertz CT molecular complexity index is 843. The zero-order chi connectivity index (χ0) is 24.3. The highest BCUT2D eigenvalue weighted by Crippen LogP contribution is 2.38. The lowest BCUT2D eigenvalue weighted by Crippen LogP contribution is -2.13. The first kappa shape index (κ1) is 26.1. The number of nitrogens with zero attached hydrogens (tertiary/aromatic N) is 2. The van der Waals surface area contributed by atoms with Gasteiger partial charge in [-0.3, -0.25) is 0 Å². The zero-order valence-electron chi connectivity index (χ0n) is 22.1. The first-order valence-corrected chi connectivity index (χ1v) is 14.5. The molecule has 2 fully saturated rings. The van der Waals surface area contributed by atoms with Crippen LogP contribution in [0.25, 0.3) is 11.4 Å². The molecule has 4 nitrogen and oxygen atoms in total. The Kier molecular flexibility index (Phi) is 10.4. The molecule has 2 heterocycles. The molecule has 1 aliphatic carbocycles. The van der Waals surface area contributed by atoms with Crippen LogP contribution in [0.4, 0.5) is 0 Å². The van der Waals surface area contributed by atoms with E-state index in [-0.39, 0.29) is 6.10 Å². The molecule has 0 N–H and O–H groups in total. The number of rotatable bonds is 15. The zero-order valence-corrected chi connectivity index (χ0v) is 22.1. The smallest absolute Gasteiger partial charge is 0.159 e. The lowest BCUT2D eigenvalue weighted by molar-refractivity contribution is 0.258. The SMILES string of the molecule is CCCCCCCC[C@H]1CC[C@H](c2ccc(-c3ncc(OC[C@@H]4O[C@H]4CCCC)cn3)cc2)CC1. The summed E-state index contributed by atoms with van der Waals surface area (Å²) in [5.41, 5.74) is 2.55. The van der Waals surface area contributed by atoms with Gasteiger partial charge in [0.05, 0.1) is 18.5 Å². The molecule has 35 heavy (non-hydrogen) atoms. The molecule has 2 aliphatic rings. The monoisotopic (exact) mass is 478 g/mol. The summed E-state index contributed by atoms with van der Waals surface area (Å²) < 4.78 is 11.5. The van der Waals surface area contributed by atoms with Gasteiger partial charge in [-0.25, -0.2) is 9.97 Å². The Morgan fingerprint density at radius 3 is 2.17 bits per heavy atom. The van der Waals surface area contributed by atoms with E-state index in [2.05, 4.69) is 48.1 Å². The standard InChI is InChI=1S/C31H46N2O2/c1-3-5-7-8-9-10-11-24-13-15-25(16-14-24)26-17-19-27(20-18-26)31-32-21-28(22-33-31)34-23-30-29(35-30)12-6-4-2/h17-22,24-25,29-30H,3-16,23H2,1-2H3/t24-,25-,29-,30-/m0/s1. The molecule has 1 saturated carbocycles. The van der Waals surface area contributed by atoms with Crippen LogP contribution in [0.2, 0.25) is 0 Å². The fourth-order valence-electron chi connectivity index (χ4n) is 5.61. The molecular formula is C31H46N2O2. The normalized spacial score (nSPS) is 23.8. The summed E-state index contributed by atoms with van der Waals surface area (Å²) in [6.45, 7) is 5.10. The second-order valence-corrected chi connectivity index (χ2v) is 10.8. The van der Waals surface area contributed by atoms with Crippen LogP contribution >= 0.6 is 0 Å². The van der Waals surface area contributed by atoms with Gasteiger partial charge >= 0.3 is 0 Å². The van der Waals surface area contributed by atoms with Gasteiger partial charge in [-0.15, -0.1) is 0 Å². The van der Waals surface area contributed by atoms with Gasteiger partial charge < -0.3 is 9.47 Å². The first-order valence-electron chi connectivity index (χ1n) is 14.5. The van der Waals surface area contributed by atoms with Gasteiger partial charge in [0.2, 0.25) is 0 Å². The molecule has 1 aromatic heterocycles. The number of aromatic nitrogens is 2. The molecule has 0 amide bonds. The molecule has 1 saturated heterocycles. The van der Waals surface area contributed by atoms with Crippen LogP contribution in [0.1, 0.15) is 115 Å². The Balaban J connectivity index is 1.17. The minimum absolute atomic E-state index is 0.236. The number of hydrogen-bond acceptors (Lipinski definition) is 4. The van der Waals surface area contributed by atoms with Crippen molar-refractivity contribution in [3.05, 3.63) is 42.2 Å². The fourth-order valence-corrected chi connectivity index (χ4v) is 5.61. The van der Waals surface area contributed by atoms with Crippen molar-refractivity contribution in [3.63, 3.8) is 0 Å². The molecule has 4 rings (SSSR count). The summed E-state index contributed by atoms with van der Waals surface area (Å²) in [5, 5.41) is 0. The molecule has 0 radical (unpaired) electrons. The Morgan fingerprint density at radius 2 is 1.46 bits per heavy atom. The van der Waals surface area contributed by atoms with E-state index in [1.807, 2.05) is 0 Å². The van der Waals surface area contributed by atoms with E-state index in [1.54, 1.807) is 12.4 Å². The fraction of sp³-hybridized carbons (Fsp3) is 0.677. The van der Waals surface area contributed by atoms with Crippen molar-refractivity contribution in [3.8, 4) is 17.1 Å². The lowest BCUT2D eigenvalue weighted by atomic mass is 9.77. The van der Waals surface area contributed by atoms with Crippen LogP contribution in [0, 0.1) is 5.92 Å². The third-order valence-electron chi connectivity index (χ3n) is 8.03. The van der Waals surface area contributed by atoms with E-state index in [0.717, 1.165) is 23.7 Å². The second-order valence-electron chi connectivity index (χ2n) is 10.8. The van der Waals surface area contributed by atoms with Crippen LogP contribution in [-0.4, -0.2) is 28.8 Å². The predicted octanol–water partition coefficient (Wildman–Crippen LogP) is 8.50. The van der Waals surface area contributed by atoms with Gasteiger partial charge in [-0.2, -0.15) is 0 Å². The minimum atomic E-state index is 0.236. The maximum atomic E-state index is 5.83. The maximum Gasteiger partial charge on any atom is 0.159 e. The number of ether oxygens (including phenoxy) is 2. The lowest BCUT2D eigenvalue weighted by Gasteiger charge is -2.29. The van der Waals surface area contributed by atoms with Gasteiger partial charge in [0.15, 0.2) is 11.6 Å². The van der Waals surface area contributed by atoms with E-state index < -0.39 is 0 Å². The maximum absolute atomic E-state index is 5.83. The molecule has 192 valence electrons. The van der Waals surface area contributed by atoms with Gasteiger partial charge in [0.1, 0.15) is 12.7 Å². The van der Waals surface area contributed by atoms with Crippen molar-refractivity contribution < 1.29 is 9.47 Å². The highest BCUT2D eigenvalue weighted by Gasteiger charge is 2.38. The number of benzene rings is 1. The molecule has 2 aromatic rings. The van der Waals surface area contributed by atoms with Crippen LogP contribution in [-0.2, 0) is 4.74 Å². The molecule has 0 bridgehead atoms. The van der Waals surface area contributed by atoms with Gasteiger partial charge in [0, 0.05) is 5.56 Å². The summed E-state index contributed by atoms with van der Waals surface area (Å²) in [4.78, 5) is 9.09. The molecule has 1 aliphatic heterocycles. The highest BCUT2D eigenvalue weighted by molar-refractivity contribution is 5.55. The van der Waals surface area contributed by atoms with Crippen LogP contribution in [0.15, 0.2) is 36.7 Å². The summed E-state index contributed by atoms with van der Waals surface area (Å²) in [6, 6.07) is 8.96. The Morgan fingerprint density at radius 1 is 0.771 bits per heavy atom. The summed E-state index contributed by atoms with van der Waals surface area (Å²) >= 11 is 0. The first-order chi connectivity index (χ1) is 17.3. The Labute approximate surface area is 213 Å². The van der Waals surface area contributed by atoms with Crippen molar-refractivity contribution >= 4 is 0 Å². The second kappa shape index (κ2) is 14.0. The third kappa shape index (κ3) is 8.31. The van der Waals surface area contributed by atoms with Crippen LogP contribution < -0.4 is 4.74 Å². The van der Waals surface area contributed by atoms with Crippen LogP contribution in [0.5, 0.6) is 5.75 Å². The van der Waals surface area contributed by atoms with Gasteiger partial charge in [-0.1, -0.05) is 95.9 Å². The minimum Gasteiger partial charge on any atom is -0.488 e. The van der Waals surface area contributed by atoms with Gasteiger partial charge in [-0.05, 0) is 49.5 Å². The van der Waals surface area contributed by atoms with Crippen molar-refractivity contribution in [2.45, 2.75) is 122 Å². The summed E-state index contributed by atoms with van der Waals surface area (Å²) in [5.74, 6) is 3.15. The van der Waals surface area contributed by atoms with E-state index in [1.165, 1.54) is 89.0 Å². The molecule has 0 spiro atoms. The average molecular weight is 479 g/mol. The largest absolute Gasteiger partial charge is 0.488 e. The van der Waals surface area contributed by atoms with Crippen molar-refractivity contribution in [2.75, 3.05) is 6.61 Å². The predicted molar refractivity (Wildman–Crippen MR) is 144 cm³/mol. The molecule has 4 heteroatoms. The summed E-state index contributed by atoms with van der Waals surface area (Å²) in [7, 11) is 0. The summed E-state index contributed by atoms with van der Waals surface area (Å²) in [6.07, 6.45) is 23.2. The van der Waals surface area contributed by atoms with E-state index in [4.69, 9.17) is 9.47 Å². The van der Waals surface area contributed by atoms with Crippen molar-refractivity contribution in [1.82, 2.24) is 9.97 Å². The molecule has 1 aromatic carbocycles.